The first kappa shape index (κ1) is 37.4. The normalized spacial score (nSPS) is 17.3. The summed E-state index contributed by atoms with van der Waals surface area (Å²) in [5, 5.41) is 6.21. The van der Waals surface area contributed by atoms with Gasteiger partial charge >= 0.3 is 12.2 Å². The third-order valence-corrected chi connectivity index (χ3v) is 8.62. The minimum absolute atomic E-state index is 0.0763. The monoisotopic (exact) mass is 704 g/mol. The van der Waals surface area contributed by atoms with Crippen molar-refractivity contribution >= 4 is 23.8 Å². The predicted molar refractivity (Wildman–Crippen MR) is 193 cm³/mol. The topological polar surface area (TPSA) is 171 Å². The number of piperidine rings is 1. The van der Waals surface area contributed by atoms with Crippen LogP contribution in [0.25, 0.3) is 11.5 Å². The molecule has 0 aliphatic carbocycles. The lowest BCUT2D eigenvalue weighted by Crippen LogP contribution is -2.49. The summed E-state index contributed by atoms with van der Waals surface area (Å²) < 4.78 is 22.8. The van der Waals surface area contributed by atoms with Crippen LogP contribution in [0.15, 0.2) is 41.1 Å². The van der Waals surface area contributed by atoms with Crippen LogP contribution in [0.5, 0.6) is 5.75 Å². The number of nitrogens with one attached hydrogen (secondary N) is 2. The number of nitrogens with zero attached hydrogens (tertiary/aromatic N) is 3. The van der Waals surface area contributed by atoms with Crippen molar-refractivity contribution < 1.29 is 33.0 Å². The largest absolute Gasteiger partial charge is 0.487 e. The molecule has 2 aliphatic rings. The van der Waals surface area contributed by atoms with Crippen LogP contribution in [0.3, 0.4) is 0 Å². The molecule has 1 saturated heterocycles. The number of amides is 3. The number of alkyl carbamates (subject to hydrolysis) is 1. The lowest BCUT2D eigenvalue weighted by Gasteiger charge is -2.37. The molecule has 1 aromatic carbocycles. The molecule has 0 saturated carbocycles. The van der Waals surface area contributed by atoms with Crippen LogP contribution in [-0.4, -0.2) is 69.5 Å². The van der Waals surface area contributed by atoms with E-state index >= 15 is 0 Å². The first-order valence-electron chi connectivity index (χ1n) is 17.5. The van der Waals surface area contributed by atoms with Crippen LogP contribution in [0, 0.1) is 0 Å². The number of anilines is 1. The highest BCUT2D eigenvalue weighted by atomic mass is 16.6. The highest BCUT2D eigenvalue weighted by molar-refractivity contribution is 5.93. The van der Waals surface area contributed by atoms with Crippen LogP contribution in [0.1, 0.15) is 102 Å². The lowest BCUT2D eigenvalue weighted by molar-refractivity contribution is 0.0451. The lowest BCUT2D eigenvalue weighted by atomic mass is 9.90. The summed E-state index contributed by atoms with van der Waals surface area (Å²) in [4.78, 5) is 48.6. The Morgan fingerprint density at radius 2 is 1.80 bits per heavy atom. The molecular weight excluding hydrogens is 652 g/mol. The number of pyridine rings is 1. The van der Waals surface area contributed by atoms with E-state index in [0.29, 0.717) is 30.6 Å². The quantitative estimate of drug-likeness (QED) is 0.224. The van der Waals surface area contributed by atoms with E-state index in [0.717, 1.165) is 48.4 Å². The number of oxazole rings is 1. The molecule has 13 nitrogen and oxygen atoms in total. The zero-order valence-electron chi connectivity index (χ0n) is 31.3. The Hall–Kier alpha value is -4.81. The van der Waals surface area contributed by atoms with Crippen molar-refractivity contribution in [2.45, 2.75) is 123 Å². The number of hydrogen-bond acceptors (Lipinski definition) is 10. The van der Waals surface area contributed by atoms with Gasteiger partial charge in [0, 0.05) is 66.7 Å². The molecule has 5 rings (SSSR count). The Balaban J connectivity index is 1.32. The molecule has 2 aliphatic heterocycles. The van der Waals surface area contributed by atoms with E-state index in [-0.39, 0.29) is 29.1 Å². The van der Waals surface area contributed by atoms with Gasteiger partial charge in [0.15, 0.2) is 5.69 Å². The average Bonchev–Trinajstić information content (AvgIpc) is 3.58. The van der Waals surface area contributed by atoms with E-state index in [1.807, 2.05) is 34.6 Å². The maximum absolute atomic E-state index is 13.6. The highest BCUT2D eigenvalue weighted by Crippen LogP contribution is 2.41. The average molecular weight is 705 g/mol. The molecule has 0 bridgehead atoms. The van der Waals surface area contributed by atoms with Gasteiger partial charge in [-0.15, -0.1) is 0 Å². The molecule has 51 heavy (non-hydrogen) atoms. The van der Waals surface area contributed by atoms with Crippen molar-refractivity contribution in [3.05, 3.63) is 59.2 Å². The Kier molecular flexibility index (Phi) is 10.3. The molecule has 0 radical (unpaired) electrons. The Labute approximate surface area is 300 Å². The standard InChI is InChI=1S/C38H52N6O7/c1-35(2,3)51-34(47)41-26-11-10-14-44(21-26)29-17-30-25(19-37(6,7)49-30)15-24(29)18-36(4,5)43-31(45)28-22-48-32(42-28)23-12-13-40-27(16-23)20-38(8,9)50-33(39)46/h12-13,15-17,22,26H,10-11,14,18-21H2,1-9H3,(H2,39,46)(H,41,47)(H,43,45)/t26-/m1/s1. The predicted octanol–water partition coefficient (Wildman–Crippen LogP) is 6.11. The van der Waals surface area contributed by atoms with Crippen molar-refractivity contribution in [3.8, 4) is 17.2 Å². The number of carbonyl (C=O) groups excluding carboxylic acids is 3. The van der Waals surface area contributed by atoms with E-state index < -0.39 is 28.9 Å². The molecule has 1 atom stereocenters. The van der Waals surface area contributed by atoms with E-state index in [2.05, 4.69) is 51.5 Å². The fourth-order valence-electron chi connectivity index (χ4n) is 6.77. The highest BCUT2D eigenvalue weighted by Gasteiger charge is 2.35. The second-order valence-corrected chi connectivity index (χ2v) is 16.5. The van der Waals surface area contributed by atoms with Crippen LogP contribution >= 0.6 is 0 Å². The second kappa shape index (κ2) is 14.1. The molecular formula is C38H52N6O7. The fraction of sp³-hybridized carbons (Fsp3) is 0.553. The number of hydrogen-bond donors (Lipinski definition) is 3. The number of carbonyl (C=O) groups is 3. The number of aromatic nitrogens is 2. The van der Waals surface area contributed by atoms with E-state index in [4.69, 9.17) is 24.4 Å². The molecule has 0 spiro atoms. The molecule has 3 amide bonds. The van der Waals surface area contributed by atoms with Gasteiger partial charge in [-0.25, -0.2) is 14.6 Å². The Morgan fingerprint density at radius 3 is 2.51 bits per heavy atom. The second-order valence-electron chi connectivity index (χ2n) is 16.5. The van der Waals surface area contributed by atoms with E-state index in [9.17, 15) is 14.4 Å². The summed E-state index contributed by atoms with van der Waals surface area (Å²) in [6, 6.07) is 7.74. The minimum atomic E-state index is -0.862. The van der Waals surface area contributed by atoms with Gasteiger partial charge in [0.1, 0.15) is 28.8 Å². The van der Waals surface area contributed by atoms with Gasteiger partial charge in [0.2, 0.25) is 5.89 Å². The SMILES string of the molecule is CC(C)(Cc1cc2c(cc1N1CCC[C@@H](NC(=O)OC(C)(C)C)C1)OC(C)(C)C2)NC(=O)c1coc(-c2ccnc(CC(C)(C)OC(N)=O)c2)n1. The minimum Gasteiger partial charge on any atom is -0.487 e. The van der Waals surface area contributed by atoms with Crippen LogP contribution in [-0.2, 0) is 28.7 Å². The molecule has 13 heteroatoms. The summed E-state index contributed by atoms with van der Waals surface area (Å²) in [6.45, 7) is 18.6. The zero-order valence-corrected chi connectivity index (χ0v) is 31.3. The number of nitrogens with two attached hydrogens (primary N) is 1. The Morgan fingerprint density at radius 1 is 1.06 bits per heavy atom. The van der Waals surface area contributed by atoms with Crippen molar-refractivity contribution in [1.82, 2.24) is 20.6 Å². The maximum Gasteiger partial charge on any atom is 0.407 e. The van der Waals surface area contributed by atoms with Gasteiger partial charge in [-0.1, -0.05) is 0 Å². The molecule has 2 aromatic heterocycles. The maximum atomic E-state index is 13.6. The van der Waals surface area contributed by atoms with Gasteiger partial charge in [0.25, 0.3) is 5.91 Å². The van der Waals surface area contributed by atoms with Crippen molar-refractivity contribution in [3.63, 3.8) is 0 Å². The van der Waals surface area contributed by atoms with Gasteiger partial charge < -0.3 is 39.9 Å². The van der Waals surface area contributed by atoms with Crippen LogP contribution < -0.4 is 26.0 Å². The number of rotatable bonds is 10. The van der Waals surface area contributed by atoms with Crippen molar-refractivity contribution in [2.75, 3.05) is 18.0 Å². The third-order valence-electron chi connectivity index (χ3n) is 8.62. The molecule has 4 heterocycles. The van der Waals surface area contributed by atoms with Crippen molar-refractivity contribution in [2.24, 2.45) is 5.73 Å². The Bertz CT molecular complexity index is 1770. The molecule has 0 unspecified atom stereocenters. The summed E-state index contributed by atoms with van der Waals surface area (Å²) in [7, 11) is 0. The number of fused-ring (bicyclic) bond motifs is 1. The van der Waals surface area contributed by atoms with Gasteiger partial charge in [0.05, 0.1) is 0 Å². The summed E-state index contributed by atoms with van der Waals surface area (Å²) >= 11 is 0. The molecule has 276 valence electrons. The zero-order chi connectivity index (χ0) is 37.4. The molecule has 3 aromatic rings. The smallest absolute Gasteiger partial charge is 0.407 e. The number of ether oxygens (including phenoxy) is 3. The van der Waals surface area contributed by atoms with E-state index in [1.54, 1.807) is 32.2 Å². The number of benzene rings is 1. The third kappa shape index (κ3) is 10.1. The first-order chi connectivity index (χ1) is 23.7. The van der Waals surface area contributed by atoms with Crippen LogP contribution in [0.2, 0.25) is 0 Å². The van der Waals surface area contributed by atoms with E-state index in [1.165, 1.54) is 6.26 Å². The first-order valence-corrected chi connectivity index (χ1v) is 17.5. The molecule has 4 N–H and O–H groups in total. The van der Waals surface area contributed by atoms with Gasteiger partial charge in [-0.3, -0.25) is 9.78 Å². The van der Waals surface area contributed by atoms with Gasteiger partial charge in [-0.2, -0.15) is 0 Å². The number of primary amides is 1. The van der Waals surface area contributed by atoms with Gasteiger partial charge in [-0.05, 0) is 111 Å². The molecule has 1 fully saturated rings. The summed E-state index contributed by atoms with van der Waals surface area (Å²) in [6.07, 6.45) is 5.04. The fourth-order valence-corrected chi connectivity index (χ4v) is 6.77. The summed E-state index contributed by atoms with van der Waals surface area (Å²) in [5.74, 6) is 0.756. The van der Waals surface area contributed by atoms with Crippen LogP contribution in [0.4, 0.5) is 15.3 Å². The van der Waals surface area contributed by atoms with Crippen molar-refractivity contribution in [1.29, 1.82) is 0 Å². The summed E-state index contributed by atoms with van der Waals surface area (Å²) in [5.41, 5.74) is 7.41.